The van der Waals surface area contributed by atoms with Crippen molar-refractivity contribution in [2.75, 3.05) is 12.3 Å². The molecule has 0 aromatic carbocycles. The summed E-state index contributed by atoms with van der Waals surface area (Å²) in [5.41, 5.74) is 5.48. The summed E-state index contributed by atoms with van der Waals surface area (Å²) >= 11 is 4.24. The van der Waals surface area contributed by atoms with Crippen LogP contribution in [0.5, 0.6) is 0 Å². The smallest absolute Gasteiger partial charge is 0.00773 e. The van der Waals surface area contributed by atoms with Gasteiger partial charge in [-0.3, -0.25) is 0 Å². The fourth-order valence-electron chi connectivity index (χ4n) is 2.55. The van der Waals surface area contributed by atoms with Crippen LogP contribution in [0.25, 0.3) is 0 Å². The normalized spacial score (nSPS) is 11.1. The van der Waals surface area contributed by atoms with E-state index in [0.717, 1.165) is 12.3 Å². The topological polar surface area (TPSA) is 26.0 Å². The first-order valence-electron chi connectivity index (χ1n) is 8.72. The van der Waals surface area contributed by atoms with Crippen LogP contribution in [-0.2, 0) is 0 Å². The van der Waals surface area contributed by atoms with Crippen LogP contribution in [0, 0.1) is 0 Å². The maximum atomic E-state index is 5.48. The second-order valence-corrected chi connectivity index (χ2v) is 6.26. The molecule has 0 radical (unpaired) electrons. The van der Waals surface area contributed by atoms with Crippen molar-refractivity contribution in [1.29, 1.82) is 0 Å². The van der Waals surface area contributed by atoms with Crippen LogP contribution in [0.1, 0.15) is 96.3 Å². The minimum Gasteiger partial charge on any atom is -0.330 e. The Bertz CT molecular complexity index is 134. The molecular weight excluding hydrogens is 250 g/mol. The zero-order chi connectivity index (χ0) is 14.0. The van der Waals surface area contributed by atoms with Crippen LogP contribution in [0.3, 0.4) is 0 Å². The van der Waals surface area contributed by atoms with E-state index in [1.165, 1.54) is 96.3 Å². The fourth-order valence-corrected chi connectivity index (χ4v) is 2.78. The van der Waals surface area contributed by atoms with Gasteiger partial charge in [-0.2, -0.15) is 12.6 Å². The fraction of sp³-hybridized carbons (Fsp3) is 1.00. The SMILES string of the molecule is NCCCCCCCCCCCCCCCCCS. The molecule has 116 valence electrons. The van der Waals surface area contributed by atoms with Gasteiger partial charge in [0.2, 0.25) is 0 Å². The molecule has 0 heterocycles. The Morgan fingerprint density at radius 3 is 0.947 bits per heavy atom. The molecule has 2 N–H and O–H groups in total. The predicted octanol–water partition coefficient (Wildman–Crippen LogP) is 5.73. The van der Waals surface area contributed by atoms with Crippen molar-refractivity contribution >= 4 is 12.6 Å². The molecule has 0 amide bonds. The summed E-state index contributed by atoms with van der Waals surface area (Å²) in [6.07, 6.45) is 21.1. The predicted molar refractivity (Wildman–Crippen MR) is 92.2 cm³/mol. The van der Waals surface area contributed by atoms with Crippen molar-refractivity contribution in [2.24, 2.45) is 5.73 Å². The molecule has 0 atom stereocenters. The third-order valence-electron chi connectivity index (χ3n) is 3.86. The molecule has 0 aliphatic rings. The molecule has 19 heavy (non-hydrogen) atoms. The van der Waals surface area contributed by atoms with Crippen LogP contribution in [-0.4, -0.2) is 12.3 Å². The Hall–Kier alpha value is 0.310. The maximum absolute atomic E-state index is 5.48. The summed E-state index contributed by atoms with van der Waals surface area (Å²) in [6, 6.07) is 0. The summed E-state index contributed by atoms with van der Waals surface area (Å²) in [7, 11) is 0. The highest BCUT2D eigenvalue weighted by atomic mass is 32.1. The van der Waals surface area contributed by atoms with E-state index in [1.807, 2.05) is 0 Å². The minimum atomic E-state index is 0.870. The number of hydrogen-bond donors (Lipinski definition) is 2. The highest BCUT2D eigenvalue weighted by Gasteiger charge is 1.94. The third-order valence-corrected chi connectivity index (χ3v) is 4.18. The standard InChI is InChI=1S/C17H37NS/c18-16-14-12-10-8-6-4-2-1-3-5-7-9-11-13-15-17-19/h19H,1-18H2. The van der Waals surface area contributed by atoms with E-state index in [2.05, 4.69) is 12.6 Å². The van der Waals surface area contributed by atoms with Gasteiger partial charge in [-0.25, -0.2) is 0 Å². The van der Waals surface area contributed by atoms with Gasteiger partial charge in [0.05, 0.1) is 0 Å². The van der Waals surface area contributed by atoms with Gasteiger partial charge >= 0.3 is 0 Å². The van der Waals surface area contributed by atoms with Gasteiger partial charge in [0.15, 0.2) is 0 Å². The Kier molecular flexibility index (Phi) is 18.6. The van der Waals surface area contributed by atoms with E-state index in [-0.39, 0.29) is 0 Å². The molecule has 0 bridgehead atoms. The second-order valence-electron chi connectivity index (χ2n) is 5.82. The Morgan fingerprint density at radius 2 is 0.684 bits per heavy atom. The largest absolute Gasteiger partial charge is 0.330 e. The lowest BCUT2D eigenvalue weighted by Crippen LogP contribution is -1.97. The molecule has 0 rings (SSSR count). The molecule has 0 unspecified atom stereocenters. The summed E-state index contributed by atoms with van der Waals surface area (Å²) in [5, 5.41) is 0. The maximum Gasteiger partial charge on any atom is -0.00773 e. The van der Waals surface area contributed by atoms with Crippen molar-refractivity contribution < 1.29 is 0 Å². The van der Waals surface area contributed by atoms with Crippen LogP contribution < -0.4 is 5.73 Å². The van der Waals surface area contributed by atoms with Crippen LogP contribution in [0.4, 0.5) is 0 Å². The molecule has 0 aromatic rings. The Balaban J connectivity index is 2.88. The molecule has 0 spiro atoms. The van der Waals surface area contributed by atoms with E-state index in [9.17, 15) is 0 Å². The monoisotopic (exact) mass is 287 g/mol. The number of rotatable bonds is 16. The number of thiol groups is 1. The first-order valence-corrected chi connectivity index (χ1v) is 9.36. The lowest BCUT2D eigenvalue weighted by molar-refractivity contribution is 0.533. The highest BCUT2D eigenvalue weighted by molar-refractivity contribution is 7.80. The Labute approximate surface area is 127 Å². The molecule has 0 fully saturated rings. The van der Waals surface area contributed by atoms with E-state index < -0.39 is 0 Å². The minimum absolute atomic E-state index is 0.870. The first kappa shape index (κ1) is 19.3. The number of unbranched alkanes of at least 4 members (excludes halogenated alkanes) is 14. The molecule has 0 saturated carbocycles. The zero-order valence-corrected chi connectivity index (χ0v) is 13.9. The average molecular weight is 288 g/mol. The van der Waals surface area contributed by atoms with Crippen LogP contribution in [0.2, 0.25) is 0 Å². The van der Waals surface area contributed by atoms with E-state index >= 15 is 0 Å². The molecule has 2 heteroatoms. The van der Waals surface area contributed by atoms with E-state index in [0.29, 0.717) is 0 Å². The summed E-state index contributed by atoms with van der Waals surface area (Å²) in [6.45, 7) is 0.870. The third kappa shape index (κ3) is 18.3. The van der Waals surface area contributed by atoms with Gasteiger partial charge in [-0.05, 0) is 25.1 Å². The van der Waals surface area contributed by atoms with E-state index in [1.54, 1.807) is 0 Å². The summed E-state index contributed by atoms with van der Waals surface area (Å²) in [4.78, 5) is 0. The summed E-state index contributed by atoms with van der Waals surface area (Å²) < 4.78 is 0. The molecule has 0 aliphatic heterocycles. The molecule has 1 nitrogen and oxygen atoms in total. The lowest BCUT2D eigenvalue weighted by atomic mass is 10.0. The summed E-state index contributed by atoms with van der Waals surface area (Å²) in [5.74, 6) is 1.06. The zero-order valence-electron chi connectivity index (χ0n) is 13.0. The molecule has 0 aromatic heterocycles. The van der Waals surface area contributed by atoms with Crippen LogP contribution in [0.15, 0.2) is 0 Å². The number of hydrogen-bond acceptors (Lipinski definition) is 2. The lowest BCUT2D eigenvalue weighted by Gasteiger charge is -2.03. The van der Waals surface area contributed by atoms with Gasteiger partial charge in [-0.1, -0.05) is 83.5 Å². The van der Waals surface area contributed by atoms with Crippen molar-refractivity contribution in [3.63, 3.8) is 0 Å². The van der Waals surface area contributed by atoms with Gasteiger partial charge in [-0.15, -0.1) is 0 Å². The van der Waals surface area contributed by atoms with Gasteiger partial charge in [0.1, 0.15) is 0 Å². The van der Waals surface area contributed by atoms with Gasteiger partial charge in [0, 0.05) is 0 Å². The molecule has 0 aliphatic carbocycles. The van der Waals surface area contributed by atoms with Crippen molar-refractivity contribution in [2.45, 2.75) is 96.3 Å². The van der Waals surface area contributed by atoms with Crippen molar-refractivity contribution in [3.8, 4) is 0 Å². The molecular formula is C17H37NS. The molecule has 0 saturated heterocycles. The van der Waals surface area contributed by atoms with Gasteiger partial charge < -0.3 is 5.73 Å². The quantitative estimate of drug-likeness (QED) is 0.275. The van der Waals surface area contributed by atoms with Gasteiger partial charge in [0.25, 0.3) is 0 Å². The van der Waals surface area contributed by atoms with Crippen LogP contribution >= 0.6 is 12.6 Å². The van der Waals surface area contributed by atoms with Crippen molar-refractivity contribution in [3.05, 3.63) is 0 Å². The average Bonchev–Trinajstić information content (AvgIpc) is 2.43. The van der Waals surface area contributed by atoms with Crippen molar-refractivity contribution in [1.82, 2.24) is 0 Å². The Morgan fingerprint density at radius 1 is 0.421 bits per heavy atom. The second kappa shape index (κ2) is 18.3. The number of nitrogens with two attached hydrogens (primary N) is 1. The first-order chi connectivity index (χ1) is 9.41. The van der Waals surface area contributed by atoms with E-state index in [4.69, 9.17) is 5.73 Å². The highest BCUT2D eigenvalue weighted by Crippen LogP contribution is 2.13.